The second-order valence-corrected chi connectivity index (χ2v) is 10.9. The number of phenolic OH excluding ortho intramolecular Hbond substituents is 2. The molecule has 0 saturated carbocycles. The molecule has 1 saturated heterocycles. The van der Waals surface area contributed by atoms with Crippen LogP contribution in [-0.4, -0.2) is 85.9 Å². The molecule has 36 heavy (non-hydrogen) atoms. The minimum atomic E-state index is -3.29. The van der Waals surface area contributed by atoms with E-state index in [2.05, 4.69) is 22.4 Å². The molecule has 0 unspecified atom stereocenters. The van der Waals surface area contributed by atoms with Gasteiger partial charge in [-0.15, -0.1) is 5.10 Å². The summed E-state index contributed by atoms with van der Waals surface area (Å²) >= 11 is 0. The van der Waals surface area contributed by atoms with Gasteiger partial charge in [-0.25, -0.2) is 13.1 Å². The van der Waals surface area contributed by atoms with Crippen LogP contribution in [0.1, 0.15) is 37.0 Å². The summed E-state index contributed by atoms with van der Waals surface area (Å²) in [5.41, 5.74) is 1.79. The molecule has 2 aromatic carbocycles. The van der Waals surface area contributed by atoms with Gasteiger partial charge < -0.3 is 15.1 Å². The number of carbonyl (C=O) groups excluding carboxylic acids is 1. The topological polar surface area (TPSA) is 142 Å². The molecule has 0 bridgehead atoms. The van der Waals surface area contributed by atoms with Gasteiger partial charge in [-0.2, -0.15) is 4.31 Å². The van der Waals surface area contributed by atoms with E-state index in [1.165, 1.54) is 10.4 Å². The van der Waals surface area contributed by atoms with Gasteiger partial charge in [0, 0.05) is 49.9 Å². The number of aromatic hydroxyl groups is 2. The van der Waals surface area contributed by atoms with E-state index in [-0.39, 0.29) is 36.2 Å². The Labute approximate surface area is 210 Å². The number of tetrazole rings is 1. The van der Waals surface area contributed by atoms with Crippen molar-refractivity contribution in [3.63, 3.8) is 0 Å². The molecule has 0 aliphatic carbocycles. The first kappa shape index (κ1) is 25.6. The molecule has 0 radical (unpaired) electrons. The molecule has 2 N–H and O–H groups in total. The zero-order chi connectivity index (χ0) is 25.9. The Morgan fingerprint density at radius 1 is 1.00 bits per heavy atom. The lowest BCUT2D eigenvalue weighted by Gasteiger charge is -2.33. The number of phenols is 2. The molecular formula is C24H30N6O5S. The Morgan fingerprint density at radius 2 is 1.72 bits per heavy atom. The number of piperazine rings is 1. The van der Waals surface area contributed by atoms with Crippen molar-refractivity contribution in [2.24, 2.45) is 0 Å². The molecule has 1 aliphatic rings. The number of rotatable bonds is 8. The Kier molecular flexibility index (Phi) is 7.55. The first-order chi connectivity index (χ1) is 17.2. The van der Waals surface area contributed by atoms with E-state index in [0.717, 1.165) is 12.8 Å². The van der Waals surface area contributed by atoms with E-state index in [0.29, 0.717) is 47.7 Å². The highest BCUT2D eigenvalue weighted by Gasteiger charge is 2.28. The van der Waals surface area contributed by atoms with E-state index in [1.807, 2.05) is 0 Å². The lowest BCUT2D eigenvalue weighted by Crippen LogP contribution is -2.50. The summed E-state index contributed by atoms with van der Waals surface area (Å²) in [4.78, 5) is 14.8. The highest BCUT2D eigenvalue weighted by Crippen LogP contribution is 2.39. The molecule has 3 aromatic rings. The van der Waals surface area contributed by atoms with Crippen LogP contribution in [0.5, 0.6) is 11.5 Å². The predicted molar refractivity (Wildman–Crippen MR) is 134 cm³/mol. The number of aryl methyl sites for hydroxylation is 1. The number of amides is 1. The minimum absolute atomic E-state index is 0.0338. The fraction of sp³-hybridized carbons (Fsp3) is 0.417. The Morgan fingerprint density at radius 3 is 2.42 bits per heavy atom. The van der Waals surface area contributed by atoms with Gasteiger partial charge in [0.25, 0.3) is 5.91 Å². The zero-order valence-electron chi connectivity index (χ0n) is 20.3. The van der Waals surface area contributed by atoms with Crippen molar-refractivity contribution < 1.29 is 23.4 Å². The quantitative estimate of drug-likeness (QED) is 0.466. The van der Waals surface area contributed by atoms with Gasteiger partial charge in [0.05, 0.1) is 11.3 Å². The maximum atomic E-state index is 13.2. The van der Waals surface area contributed by atoms with Crippen molar-refractivity contribution in [2.45, 2.75) is 33.2 Å². The summed E-state index contributed by atoms with van der Waals surface area (Å²) in [6, 6.07) is 9.69. The fourth-order valence-corrected chi connectivity index (χ4v) is 5.28. The van der Waals surface area contributed by atoms with Gasteiger partial charge in [0.2, 0.25) is 10.0 Å². The van der Waals surface area contributed by atoms with Crippen molar-refractivity contribution >= 4 is 15.9 Å². The molecule has 1 aromatic heterocycles. The summed E-state index contributed by atoms with van der Waals surface area (Å²) in [7, 11) is -3.29. The molecule has 11 nitrogen and oxygen atoms in total. The van der Waals surface area contributed by atoms with Gasteiger partial charge >= 0.3 is 0 Å². The van der Waals surface area contributed by atoms with Crippen molar-refractivity contribution in [1.82, 2.24) is 29.4 Å². The standard InChI is InChI=1S/C24H30N6O5S/c1-3-5-9-30-23(25-26-27-30)20-15-19(21(31)16-22(20)32)17-7-6-8-18(14-17)24(33)28-10-12-29(13-11-28)36(34,35)4-2/h6-8,14-16,31-32H,3-5,9-13H2,1-2H3. The number of hydrogen-bond donors (Lipinski definition) is 2. The van der Waals surface area contributed by atoms with Crippen LogP contribution in [0.2, 0.25) is 0 Å². The number of benzene rings is 2. The number of hydrogen-bond acceptors (Lipinski definition) is 8. The van der Waals surface area contributed by atoms with Crippen LogP contribution in [-0.2, 0) is 16.6 Å². The van der Waals surface area contributed by atoms with Gasteiger partial charge in [0.1, 0.15) is 11.5 Å². The Bertz CT molecular complexity index is 1350. The highest BCUT2D eigenvalue weighted by atomic mass is 32.2. The molecule has 1 fully saturated rings. The van der Waals surface area contributed by atoms with E-state index >= 15 is 0 Å². The van der Waals surface area contributed by atoms with Gasteiger partial charge in [-0.1, -0.05) is 25.5 Å². The molecular weight excluding hydrogens is 484 g/mol. The summed E-state index contributed by atoms with van der Waals surface area (Å²) in [6.07, 6.45) is 1.82. The van der Waals surface area contributed by atoms with E-state index in [9.17, 15) is 23.4 Å². The molecule has 0 atom stereocenters. The van der Waals surface area contributed by atoms with Crippen LogP contribution < -0.4 is 0 Å². The molecule has 1 aliphatic heterocycles. The fourth-order valence-electron chi connectivity index (χ4n) is 4.20. The molecule has 12 heteroatoms. The monoisotopic (exact) mass is 514 g/mol. The lowest BCUT2D eigenvalue weighted by atomic mass is 9.98. The van der Waals surface area contributed by atoms with Crippen LogP contribution in [0.4, 0.5) is 0 Å². The molecule has 4 rings (SSSR count). The minimum Gasteiger partial charge on any atom is -0.507 e. The molecule has 1 amide bonds. The van der Waals surface area contributed by atoms with Crippen LogP contribution in [0, 0.1) is 0 Å². The van der Waals surface area contributed by atoms with Crippen LogP contribution in [0.15, 0.2) is 36.4 Å². The van der Waals surface area contributed by atoms with Crippen molar-refractivity contribution in [2.75, 3.05) is 31.9 Å². The third kappa shape index (κ3) is 5.19. The van der Waals surface area contributed by atoms with E-state index < -0.39 is 10.0 Å². The summed E-state index contributed by atoms with van der Waals surface area (Å²) in [5.74, 6) is -0.101. The maximum Gasteiger partial charge on any atom is 0.253 e. The van der Waals surface area contributed by atoms with Crippen LogP contribution in [0.25, 0.3) is 22.5 Å². The number of aromatic nitrogens is 4. The van der Waals surface area contributed by atoms with E-state index in [4.69, 9.17) is 0 Å². The summed E-state index contributed by atoms with van der Waals surface area (Å²) in [6.45, 7) is 5.38. The average Bonchev–Trinajstić information content (AvgIpc) is 3.35. The number of sulfonamides is 1. The average molecular weight is 515 g/mol. The number of carbonyl (C=O) groups is 1. The molecule has 192 valence electrons. The van der Waals surface area contributed by atoms with Gasteiger partial charge in [-0.3, -0.25) is 4.79 Å². The number of unbranched alkanes of at least 4 members (excludes halogenated alkanes) is 1. The molecule has 0 spiro atoms. The summed E-state index contributed by atoms with van der Waals surface area (Å²) in [5, 5.41) is 32.9. The van der Waals surface area contributed by atoms with Crippen LogP contribution >= 0.6 is 0 Å². The highest BCUT2D eigenvalue weighted by molar-refractivity contribution is 7.89. The SMILES string of the molecule is CCCCn1nnnc1-c1cc(-c2cccc(C(=O)N3CCN(S(=O)(=O)CC)CC3)c2)c(O)cc1O. The second-order valence-electron chi connectivity index (χ2n) is 8.64. The van der Waals surface area contributed by atoms with Gasteiger partial charge in [-0.05, 0) is 47.5 Å². The molecule has 2 heterocycles. The zero-order valence-corrected chi connectivity index (χ0v) is 21.1. The number of nitrogens with zero attached hydrogens (tertiary/aromatic N) is 6. The Hall–Kier alpha value is -3.51. The van der Waals surface area contributed by atoms with E-state index in [1.54, 1.807) is 46.8 Å². The van der Waals surface area contributed by atoms with Crippen molar-refractivity contribution in [3.05, 3.63) is 42.0 Å². The maximum absolute atomic E-state index is 13.2. The lowest BCUT2D eigenvalue weighted by molar-refractivity contribution is 0.0698. The second kappa shape index (κ2) is 10.6. The predicted octanol–water partition coefficient (Wildman–Crippen LogP) is 2.33. The summed E-state index contributed by atoms with van der Waals surface area (Å²) < 4.78 is 27.2. The Balaban J connectivity index is 1.60. The third-order valence-corrected chi connectivity index (χ3v) is 8.20. The third-order valence-electron chi connectivity index (χ3n) is 6.31. The largest absolute Gasteiger partial charge is 0.507 e. The first-order valence-corrected chi connectivity index (χ1v) is 13.6. The van der Waals surface area contributed by atoms with Crippen molar-refractivity contribution in [3.8, 4) is 34.0 Å². The first-order valence-electron chi connectivity index (χ1n) is 11.9. The van der Waals surface area contributed by atoms with Gasteiger partial charge in [0.15, 0.2) is 5.82 Å². The van der Waals surface area contributed by atoms with Crippen molar-refractivity contribution in [1.29, 1.82) is 0 Å². The van der Waals surface area contributed by atoms with Crippen LogP contribution in [0.3, 0.4) is 0 Å². The normalized spacial score (nSPS) is 14.8. The smallest absolute Gasteiger partial charge is 0.253 e.